The number of carboxylic acid groups (broad SMARTS) is 1. The summed E-state index contributed by atoms with van der Waals surface area (Å²) in [6.07, 6.45) is 4.73. The van der Waals surface area contributed by atoms with E-state index in [1.807, 2.05) is 36.4 Å². The fourth-order valence-electron chi connectivity index (χ4n) is 0.892. The average molecular weight is 273 g/mol. The minimum absolute atomic E-state index is 0.579. The predicted octanol–water partition coefficient (Wildman–Crippen LogP) is 0.878. The molecule has 0 aliphatic carbocycles. The number of esters is 2. The summed E-state index contributed by atoms with van der Waals surface area (Å²) in [6, 6.07) is 10.0. The van der Waals surface area contributed by atoms with Crippen LogP contribution in [0.2, 0.25) is 0 Å². The van der Waals surface area contributed by atoms with Crippen LogP contribution in [0.5, 0.6) is 0 Å². The van der Waals surface area contributed by atoms with Gasteiger partial charge in [0.05, 0.1) is 5.97 Å². The third-order valence-corrected chi connectivity index (χ3v) is 1.76. The molecule has 1 heterocycles. The standard InChI is InChI=1S/C8H8.C4H2O3.C3H4O2/c1-2-8-6-4-3-5-7-8;5-3-1-2-4(6)7-3;1-2-3(4)5/h2-7H,1H2;1-2H;2H,1H2,(H,4,5)/p-1. The molecule has 5 nitrogen and oxygen atoms in total. The van der Waals surface area contributed by atoms with Gasteiger partial charge in [-0.1, -0.05) is 49.6 Å². The summed E-state index contributed by atoms with van der Waals surface area (Å²) in [6.45, 7) is 6.53. The summed E-state index contributed by atoms with van der Waals surface area (Å²) >= 11 is 0. The Kier molecular flexibility index (Phi) is 8.54. The van der Waals surface area contributed by atoms with Crippen LogP contribution in [-0.4, -0.2) is 17.9 Å². The van der Waals surface area contributed by atoms with Crippen LogP contribution in [0.25, 0.3) is 6.08 Å². The molecule has 1 aromatic rings. The van der Waals surface area contributed by atoms with Crippen molar-refractivity contribution in [3.63, 3.8) is 0 Å². The van der Waals surface area contributed by atoms with Gasteiger partial charge in [0, 0.05) is 12.2 Å². The van der Waals surface area contributed by atoms with Crippen molar-refractivity contribution in [3.05, 3.63) is 67.3 Å². The number of hydrogen-bond acceptors (Lipinski definition) is 5. The normalized spacial score (nSPS) is 11.2. The van der Waals surface area contributed by atoms with Crippen LogP contribution in [0.1, 0.15) is 5.56 Å². The molecule has 20 heavy (non-hydrogen) atoms. The fourth-order valence-corrected chi connectivity index (χ4v) is 0.892. The van der Waals surface area contributed by atoms with Crippen molar-refractivity contribution in [1.82, 2.24) is 0 Å². The molecule has 0 bridgehead atoms. The summed E-state index contributed by atoms with van der Waals surface area (Å²) < 4.78 is 3.97. The van der Waals surface area contributed by atoms with Crippen LogP contribution in [0.15, 0.2) is 61.7 Å². The van der Waals surface area contributed by atoms with Crippen molar-refractivity contribution >= 4 is 24.0 Å². The van der Waals surface area contributed by atoms with Gasteiger partial charge in [-0.2, -0.15) is 0 Å². The number of rotatable bonds is 2. The first-order valence-corrected chi connectivity index (χ1v) is 5.44. The zero-order chi connectivity index (χ0) is 15.4. The Labute approximate surface area is 116 Å². The van der Waals surface area contributed by atoms with Crippen LogP contribution in [0.3, 0.4) is 0 Å². The maximum absolute atomic E-state index is 9.92. The lowest BCUT2D eigenvalue weighted by Crippen LogP contribution is -2.17. The number of carbonyl (C=O) groups is 3. The largest absolute Gasteiger partial charge is 0.545 e. The highest BCUT2D eigenvalue weighted by molar-refractivity contribution is 6.04. The van der Waals surface area contributed by atoms with E-state index in [9.17, 15) is 9.59 Å². The highest BCUT2D eigenvalue weighted by Gasteiger charge is 2.10. The molecule has 0 fully saturated rings. The topological polar surface area (TPSA) is 83.5 Å². The molecule has 2 rings (SSSR count). The minimum atomic E-state index is -1.23. The zero-order valence-corrected chi connectivity index (χ0v) is 10.7. The molecular weight excluding hydrogens is 260 g/mol. The van der Waals surface area contributed by atoms with Gasteiger partial charge < -0.3 is 14.6 Å². The first-order valence-electron chi connectivity index (χ1n) is 5.44. The van der Waals surface area contributed by atoms with Crippen LogP contribution >= 0.6 is 0 Å². The molecule has 0 N–H and O–H groups in total. The van der Waals surface area contributed by atoms with E-state index in [-0.39, 0.29) is 0 Å². The molecule has 0 amide bonds. The smallest absolute Gasteiger partial charge is 0.338 e. The molecule has 0 atom stereocenters. The lowest BCUT2D eigenvalue weighted by Gasteiger charge is -1.85. The summed E-state index contributed by atoms with van der Waals surface area (Å²) in [4.78, 5) is 29.0. The maximum Gasteiger partial charge on any atom is 0.338 e. The molecule has 0 spiro atoms. The Bertz CT molecular complexity index is 498. The fraction of sp³-hybridized carbons (Fsp3) is 0. The molecule has 1 aromatic carbocycles. The first kappa shape index (κ1) is 17.1. The van der Waals surface area contributed by atoms with E-state index < -0.39 is 17.9 Å². The highest BCUT2D eigenvalue weighted by atomic mass is 16.6. The number of benzene rings is 1. The Balaban J connectivity index is 0.000000280. The molecular formula is C15H13O5-. The first-order chi connectivity index (χ1) is 9.49. The van der Waals surface area contributed by atoms with Gasteiger partial charge in [-0.05, 0) is 11.6 Å². The molecule has 0 aromatic heterocycles. The highest BCUT2D eigenvalue weighted by Crippen LogP contribution is 1.97. The second-order valence-corrected chi connectivity index (χ2v) is 3.21. The summed E-state index contributed by atoms with van der Waals surface area (Å²) in [5.74, 6) is -2.39. The molecule has 104 valence electrons. The monoisotopic (exact) mass is 273 g/mol. The summed E-state index contributed by atoms with van der Waals surface area (Å²) in [5, 5.41) is 9.14. The minimum Gasteiger partial charge on any atom is -0.545 e. The van der Waals surface area contributed by atoms with E-state index in [2.05, 4.69) is 17.9 Å². The third kappa shape index (κ3) is 9.12. The Morgan fingerprint density at radius 3 is 1.70 bits per heavy atom. The van der Waals surface area contributed by atoms with Crippen molar-refractivity contribution < 1.29 is 24.2 Å². The van der Waals surface area contributed by atoms with Crippen LogP contribution < -0.4 is 5.11 Å². The molecule has 0 radical (unpaired) electrons. The summed E-state index contributed by atoms with van der Waals surface area (Å²) in [5.41, 5.74) is 1.17. The van der Waals surface area contributed by atoms with Gasteiger partial charge in [0.15, 0.2) is 0 Å². The molecule has 0 unspecified atom stereocenters. The number of aliphatic carboxylic acids is 1. The van der Waals surface area contributed by atoms with E-state index in [0.29, 0.717) is 0 Å². The molecule has 0 saturated carbocycles. The van der Waals surface area contributed by atoms with Crippen molar-refractivity contribution in [1.29, 1.82) is 0 Å². The van der Waals surface area contributed by atoms with E-state index >= 15 is 0 Å². The van der Waals surface area contributed by atoms with Gasteiger partial charge in [-0.15, -0.1) is 0 Å². The van der Waals surface area contributed by atoms with Gasteiger partial charge in [-0.25, -0.2) is 9.59 Å². The average Bonchev–Trinajstić information content (AvgIpc) is 2.84. The molecule has 0 saturated heterocycles. The van der Waals surface area contributed by atoms with Crippen molar-refractivity contribution in [2.45, 2.75) is 0 Å². The lowest BCUT2D eigenvalue weighted by atomic mass is 10.2. The zero-order valence-electron chi connectivity index (χ0n) is 10.7. The second kappa shape index (κ2) is 10.0. The van der Waals surface area contributed by atoms with Crippen LogP contribution in [-0.2, 0) is 19.1 Å². The predicted molar refractivity (Wildman–Crippen MR) is 72.0 cm³/mol. The Morgan fingerprint density at radius 2 is 1.50 bits per heavy atom. The van der Waals surface area contributed by atoms with E-state index in [4.69, 9.17) is 9.90 Å². The van der Waals surface area contributed by atoms with E-state index in [1.54, 1.807) is 0 Å². The van der Waals surface area contributed by atoms with Gasteiger partial charge >= 0.3 is 11.9 Å². The van der Waals surface area contributed by atoms with Gasteiger partial charge in [0.2, 0.25) is 0 Å². The van der Waals surface area contributed by atoms with Crippen molar-refractivity contribution in [3.8, 4) is 0 Å². The third-order valence-electron chi connectivity index (χ3n) is 1.76. The van der Waals surface area contributed by atoms with Gasteiger partial charge in [0.25, 0.3) is 0 Å². The molecule has 5 heteroatoms. The second-order valence-electron chi connectivity index (χ2n) is 3.21. The van der Waals surface area contributed by atoms with E-state index in [1.165, 1.54) is 5.56 Å². The number of ether oxygens (including phenoxy) is 1. The van der Waals surface area contributed by atoms with Crippen LogP contribution in [0.4, 0.5) is 0 Å². The number of carboxylic acids is 1. The molecule has 1 aliphatic rings. The van der Waals surface area contributed by atoms with Crippen LogP contribution in [0, 0.1) is 0 Å². The SMILES string of the molecule is C=CC(=O)[O-].C=Cc1ccccc1.O=C1C=CC(=O)O1. The molecule has 1 aliphatic heterocycles. The van der Waals surface area contributed by atoms with Gasteiger partial charge in [0.1, 0.15) is 0 Å². The number of hydrogen-bond donors (Lipinski definition) is 0. The Hall–Kier alpha value is -2.95. The number of carbonyl (C=O) groups excluding carboxylic acids is 3. The van der Waals surface area contributed by atoms with Gasteiger partial charge in [-0.3, -0.25) is 0 Å². The maximum atomic E-state index is 9.92. The lowest BCUT2D eigenvalue weighted by molar-refractivity contribution is -0.297. The van der Waals surface area contributed by atoms with E-state index in [0.717, 1.165) is 18.2 Å². The van der Waals surface area contributed by atoms with Crippen molar-refractivity contribution in [2.24, 2.45) is 0 Å². The van der Waals surface area contributed by atoms with Crippen molar-refractivity contribution in [2.75, 3.05) is 0 Å². The summed E-state index contributed by atoms with van der Waals surface area (Å²) in [7, 11) is 0. The number of cyclic esters (lactones) is 2. The quantitative estimate of drug-likeness (QED) is 0.453. The Morgan fingerprint density at radius 1 is 1.05 bits per heavy atom.